The largest absolute Gasteiger partial charge is 0.478 e. The molecule has 1 heterocycles. The summed E-state index contributed by atoms with van der Waals surface area (Å²) in [7, 11) is 0. The van der Waals surface area contributed by atoms with Crippen molar-refractivity contribution in [1.82, 2.24) is 0 Å². The Morgan fingerprint density at radius 3 is 2.39 bits per heavy atom. The quantitative estimate of drug-likeness (QED) is 0.404. The monoisotopic (exact) mass is 249 g/mol. The molecule has 1 fully saturated rings. The smallest absolute Gasteiger partial charge is 0.337 e. The number of imide groups is 1. The first-order valence-corrected chi connectivity index (χ1v) is 5.24. The lowest BCUT2D eigenvalue weighted by atomic mass is 10.1. The zero-order valence-corrected chi connectivity index (χ0v) is 9.34. The normalized spacial score (nSPS) is 15.1. The lowest BCUT2D eigenvalue weighted by Gasteiger charge is -2.17. The number of benzene rings is 1. The van der Waals surface area contributed by atoms with Gasteiger partial charge in [-0.1, -0.05) is 0 Å². The van der Waals surface area contributed by atoms with Gasteiger partial charge < -0.3 is 10.5 Å². The maximum absolute atomic E-state index is 11.6. The topological polar surface area (TPSA) is 113 Å². The van der Waals surface area contributed by atoms with Gasteiger partial charge in [-0.2, -0.15) is 0 Å². The van der Waals surface area contributed by atoms with Crippen LogP contribution in [0.4, 0.5) is 11.4 Å². The van der Waals surface area contributed by atoms with E-state index in [2.05, 4.69) is 5.43 Å². The van der Waals surface area contributed by atoms with Crippen LogP contribution in [0, 0.1) is 0 Å². The van der Waals surface area contributed by atoms with Gasteiger partial charge in [-0.25, -0.2) is 9.69 Å². The van der Waals surface area contributed by atoms with Crippen molar-refractivity contribution in [2.75, 3.05) is 10.3 Å². The number of nitrogen functional groups attached to an aromatic ring is 1. The number of hydrogen-bond acceptors (Lipinski definition) is 5. The zero-order valence-electron chi connectivity index (χ0n) is 9.34. The first-order valence-electron chi connectivity index (χ1n) is 5.24. The second-order valence-electron chi connectivity index (χ2n) is 3.80. The number of rotatable bonds is 3. The summed E-state index contributed by atoms with van der Waals surface area (Å²) in [5.74, 6) is 3.21. The van der Waals surface area contributed by atoms with E-state index in [0.29, 0.717) is 5.69 Å². The van der Waals surface area contributed by atoms with Gasteiger partial charge in [0.25, 0.3) is 0 Å². The molecule has 7 heteroatoms. The molecule has 4 N–H and O–H groups in total. The van der Waals surface area contributed by atoms with Gasteiger partial charge in [-0.3, -0.25) is 15.4 Å². The van der Waals surface area contributed by atoms with Crippen molar-refractivity contribution in [2.45, 2.75) is 12.8 Å². The lowest BCUT2D eigenvalue weighted by Crippen LogP contribution is -2.30. The summed E-state index contributed by atoms with van der Waals surface area (Å²) in [5.41, 5.74) is 2.70. The van der Waals surface area contributed by atoms with Crippen LogP contribution in [0.5, 0.6) is 0 Å². The first-order chi connectivity index (χ1) is 8.54. The molecule has 1 saturated heterocycles. The van der Waals surface area contributed by atoms with Gasteiger partial charge in [0.1, 0.15) is 0 Å². The van der Waals surface area contributed by atoms with Crippen molar-refractivity contribution in [3.63, 3.8) is 0 Å². The highest BCUT2D eigenvalue weighted by molar-refractivity contribution is 6.22. The molecule has 0 radical (unpaired) electrons. The van der Waals surface area contributed by atoms with Gasteiger partial charge in [-0.05, 0) is 18.2 Å². The highest BCUT2D eigenvalue weighted by Crippen LogP contribution is 2.29. The molecule has 0 aromatic heterocycles. The summed E-state index contributed by atoms with van der Waals surface area (Å²) < 4.78 is 0. The van der Waals surface area contributed by atoms with E-state index < -0.39 is 17.8 Å². The van der Waals surface area contributed by atoms with E-state index in [4.69, 9.17) is 10.9 Å². The summed E-state index contributed by atoms with van der Waals surface area (Å²) in [6, 6.07) is 4.12. The summed E-state index contributed by atoms with van der Waals surface area (Å²) >= 11 is 0. The minimum atomic E-state index is -1.21. The fourth-order valence-corrected chi connectivity index (χ4v) is 1.83. The number of carboxylic acid groups (broad SMARTS) is 1. The molecule has 2 amide bonds. The van der Waals surface area contributed by atoms with Gasteiger partial charge >= 0.3 is 5.97 Å². The Labute approximate surface area is 102 Å². The molecular formula is C11H11N3O4. The number of carbonyl (C=O) groups is 3. The molecule has 1 aromatic carbocycles. The van der Waals surface area contributed by atoms with Gasteiger partial charge in [0, 0.05) is 12.8 Å². The van der Waals surface area contributed by atoms with Crippen LogP contribution in [-0.4, -0.2) is 22.9 Å². The SMILES string of the molecule is NNc1ccc(C(=O)O)c(N2C(=O)CCC2=O)c1. The predicted octanol–water partition coefficient (Wildman–Crippen LogP) is 0.324. The molecular weight excluding hydrogens is 238 g/mol. The number of nitrogens with zero attached hydrogens (tertiary/aromatic N) is 1. The molecule has 0 aliphatic carbocycles. The average molecular weight is 249 g/mol. The van der Waals surface area contributed by atoms with E-state index in [0.717, 1.165) is 4.90 Å². The van der Waals surface area contributed by atoms with Crippen LogP contribution < -0.4 is 16.2 Å². The molecule has 1 aromatic rings. The van der Waals surface area contributed by atoms with Gasteiger partial charge in [-0.15, -0.1) is 0 Å². The van der Waals surface area contributed by atoms with Crippen LogP contribution in [0.3, 0.4) is 0 Å². The molecule has 18 heavy (non-hydrogen) atoms. The van der Waals surface area contributed by atoms with Crippen LogP contribution in [0.25, 0.3) is 0 Å². The number of carbonyl (C=O) groups excluding carboxylic acids is 2. The molecule has 1 aliphatic heterocycles. The molecule has 1 aliphatic rings. The second-order valence-corrected chi connectivity index (χ2v) is 3.80. The second kappa shape index (κ2) is 4.46. The van der Waals surface area contributed by atoms with E-state index >= 15 is 0 Å². The summed E-state index contributed by atoms with van der Waals surface area (Å²) in [4.78, 5) is 35.2. The molecule has 0 spiro atoms. The Balaban J connectivity index is 2.56. The number of carboxylic acids is 1. The van der Waals surface area contributed by atoms with Crippen molar-refractivity contribution in [2.24, 2.45) is 5.84 Å². The van der Waals surface area contributed by atoms with Gasteiger partial charge in [0.15, 0.2) is 0 Å². The van der Waals surface area contributed by atoms with E-state index in [-0.39, 0.29) is 24.1 Å². The third kappa shape index (κ3) is 1.91. The summed E-state index contributed by atoms with van der Waals surface area (Å²) in [6.45, 7) is 0. The Morgan fingerprint density at radius 1 is 1.28 bits per heavy atom. The third-order valence-corrected chi connectivity index (χ3v) is 2.69. The lowest BCUT2D eigenvalue weighted by molar-refractivity contribution is -0.121. The maximum atomic E-state index is 11.6. The van der Waals surface area contributed by atoms with E-state index in [9.17, 15) is 14.4 Å². The van der Waals surface area contributed by atoms with E-state index in [1.807, 2.05) is 0 Å². The Hall–Kier alpha value is -2.41. The zero-order chi connectivity index (χ0) is 13.3. The molecule has 0 unspecified atom stereocenters. The number of hydrazine groups is 1. The molecule has 2 rings (SSSR count). The summed E-state index contributed by atoms with van der Waals surface area (Å²) in [5, 5.41) is 9.06. The van der Waals surface area contributed by atoms with Crippen molar-refractivity contribution in [3.8, 4) is 0 Å². The van der Waals surface area contributed by atoms with Gasteiger partial charge in [0.05, 0.1) is 16.9 Å². The van der Waals surface area contributed by atoms with Crippen molar-refractivity contribution >= 4 is 29.2 Å². The minimum Gasteiger partial charge on any atom is -0.478 e. The van der Waals surface area contributed by atoms with Crippen LogP contribution in [-0.2, 0) is 9.59 Å². The first kappa shape index (κ1) is 12.1. The number of amides is 2. The number of aromatic carboxylic acids is 1. The predicted molar refractivity (Wildman–Crippen MR) is 62.9 cm³/mol. The third-order valence-electron chi connectivity index (χ3n) is 2.69. The van der Waals surface area contributed by atoms with Crippen LogP contribution >= 0.6 is 0 Å². The Morgan fingerprint density at radius 2 is 1.89 bits per heavy atom. The average Bonchev–Trinajstić information content (AvgIpc) is 2.68. The van der Waals surface area contributed by atoms with Crippen molar-refractivity contribution in [1.29, 1.82) is 0 Å². The van der Waals surface area contributed by atoms with Crippen LogP contribution in [0.1, 0.15) is 23.2 Å². The molecule has 0 bridgehead atoms. The molecule has 0 atom stereocenters. The van der Waals surface area contributed by atoms with Crippen molar-refractivity contribution < 1.29 is 19.5 Å². The fraction of sp³-hybridized carbons (Fsp3) is 0.182. The van der Waals surface area contributed by atoms with Gasteiger partial charge in [0.2, 0.25) is 11.8 Å². The number of nitrogens with one attached hydrogen (secondary N) is 1. The van der Waals surface area contributed by atoms with E-state index in [1.54, 1.807) is 0 Å². The number of hydrogen-bond donors (Lipinski definition) is 3. The van der Waals surface area contributed by atoms with E-state index in [1.165, 1.54) is 18.2 Å². The standard InChI is InChI=1S/C11H11N3O4/c12-13-6-1-2-7(11(17)18)8(5-6)14-9(15)3-4-10(14)16/h1-2,5,13H,3-4,12H2,(H,17,18). The highest BCUT2D eigenvalue weighted by Gasteiger charge is 2.33. The maximum Gasteiger partial charge on any atom is 0.337 e. The molecule has 0 saturated carbocycles. The molecule has 94 valence electrons. The van der Waals surface area contributed by atoms with Crippen LogP contribution in [0.15, 0.2) is 18.2 Å². The minimum absolute atomic E-state index is 0.0467. The molecule has 7 nitrogen and oxygen atoms in total. The number of anilines is 2. The fourth-order valence-electron chi connectivity index (χ4n) is 1.83. The Bertz CT molecular complexity index is 525. The van der Waals surface area contributed by atoms with Crippen LogP contribution in [0.2, 0.25) is 0 Å². The highest BCUT2D eigenvalue weighted by atomic mass is 16.4. The summed E-state index contributed by atoms with van der Waals surface area (Å²) in [6.07, 6.45) is 0.191. The number of nitrogens with two attached hydrogens (primary N) is 1. The van der Waals surface area contributed by atoms with Crippen molar-refractivity contribution in [3.05, 3.63) is 23.8 Å². The Kier molecular flexibility index (Phi) is 2.99.